The number of nitrogens with two attached hydrogens (primary N) is 2. The van der Waals surface area contributed by atoms with Crippen molar-refractivity contribution in [3.8, 4) is 11.1 Å². The Kier molecular flexibility index (Phi) is 9.69. The Hall–Kier alpha value is -4.94. The lowest BCUT2D eigenvalue weighted by atomic mass is 9.93. The second kappa shape index (κ2) is 14.2. The van der Waals surface area contributed by atoms with E-state index in [0.717, 1.165) is 56.5 Å². The molecule has 2 aliphatic rings. The van der Waals surface area contributed by atoms with Crippen LogP contribution in [0.3, 0.4) is 0 Å². The van der Waals surface area contributed by atoms with E-state index in [1.54, 1.807) is 24.5 Å². The third kappa shape index (κ3) is 7.72. The van der Waals surface area contributed by atoms with E-state index in [-0.39, 0.29) is 18.3 Å². The van der Waals surface area contributed by atoms with Crippen LogP contribution in [-0.2, 0) is 11.2 Å². The molecule has 47 heavy (non-hydrogen) atoms. The fraction of sp³-hybridized carbons (Fsp3) is 0.314. The summed E-state index contributed by atoms with van der Waals surface area (Å²) in [6.45, 7) is 5.04. The van der Waals surface area contributed by atoms with Gasteiger partial charge in [0.2, 0.25) is 0 Å². The van der Waals surface area contributed by atoms with Gasteiger partial charge in [-0.3, -0.25) is 5.41 Å². The van der Waals surface area contributed by atoms with Gasteiger partial charge in [0.1, 0.15) is 18.0 Å². The monoisotopic (exact) mass is 641 g/mol. The van der Waals surface area contributed by atoms with Crippen LogP contribution in [0.15, 0.2) is 67.3 Å². The number of hydrogen-bond donors (Lipinski definition) is 4. The SMILES string of the molecule is CN1CCN(c2ccc(C(=O)NC(=[NH2+])c3cc(Cc4cc(F)cc(F)c4)c(-c4cncnc4)cc3N)c(NC3CCOCC3)c2)CC1. The number of piperazine rings is 1. The molecule has 2 saturated heterocycles. The van der Waals surface area contributed by atoms with Crippen molar-refractivity contribution in [1.82, 2.24) is 20.2 Å². The summed E-state index contributed by atoms with van der Waals surface area (Å²) in [5.74, 6) is -1.70. The van der Waals surface area contributed by atoms with Gasteiger partial charge in [-0.25, -0.2) is 28.9 Å². The zero-order chi connectivity index (χ0) is 32.9. The molecule has 6 N–H and O–H groups in total. The quantitative estimate of drug-likeness (QED) is 0.131. The molecule has 12 heteroatoms. The molecule has 1 amide bonds. The summed E-state index contributed by atoms with van der Waals surface area (Å²) in [6, 6.07) is 12.8. The lowest BCUT2D eigenvalue weighted by Gasteiger charge is -2.34. The van der Waals surface area contributed by atoms with E-state index in [4.69, 9.17) is 15.9 Å². The van der Waals surface area contributed by atoms with Crippen molar-refractivity contribution in [3.05, 3.63) is 101 Å². The number of likely N-dealkylation sites (N-methyl/N-ethyl adjacent to an activating group) is 1. The molecule has 6 rings (SSSR count). The first-order valence-corrected chi connectivity index (χ1v) is 15.7. The number of nitrogens with zero attached hydrogens (tertiary/aromatic N) is 4. The Morgan fingerprint density at radius 3 is 2.38 bits per heavy atom. The van der Waals surface area contributed by atoms with Crippen LogP contribution in [0.1, 0.15) is 39.9 Å². The van der Waals surface area contributed by atoms with Gasteiger partial charge in [-0.05, 0) is 85.5 Å². The number of benzene rings is 3. The van der Waals surface area contributed by atoms with Crippen LogP contribution >= 0.6 is 0 Å². The number of halogens is 2. The van der Waals surface area contributed by atoms with Gasteiger partial charge in [-0.15, -0.1) is 0 Å². The average Bonchev–Trinajstić information content (AvgIpc) is 3.06. The number of amidine groups is 1. The minimum absolute atomic E-state index is 0.0511. The lowest BCUT2D eigenvalue weighted by molar-refractivity contribution is -0.116. The average molecular weight is 642 g/mol. The predicted molar refractivity (Wildman–Crippen MR) is 178 cm³/mol. The Balaban J connectivity index is 1.29. The summed E-state index contributed by atoms with van der Waals surface area (Å²) >= 11 is 0. The molecule has 0 spiro atoms. The number of nitrogen functional groups attached to an aromatic ring is 1. The normalized spacial score (nSPS) is 15.8. The van der Waals surface area contributed by atoms with Gasteiger partial charge in [0.25, 0.3) is 5.84 Å². The van der Waals surface area contributed by atoms with Gasteiger partial charge in [0.05, 0.1) is 16.8 Å². The van der Waals surface area contributed by atoms with E-state index >= 15 is 0 Å². The summed E-state index contributed by atoms with van der Waals surface area (Å²) in [7, 11) is 2.12. The minimum Gasteiger partial charge on any atom is -0.398 e. The molecule has 4 aromatic rings. The summed E-state index contributed by atoms with van der Waals surface area (Å²) in [5, 5.41) is 13.0. The maximum atomic E-state index is 14.1. The van der Waals surface area contributed by atoms with Crippen LogP contribution in [-0.4, -0.2) is 79.1 Å². The van der Waals surface area contributed by atoms with E-state index in [2.05, 4.69) is 37.4 Å². The number of nitrogens with one attached hydrogen (secondary N) is 2. The van der Waals surface area contributed by atoms with Gasteiger partial charge < -0.3 is 25.6 Å². The first-order chi connectivity index (χ1) is 22.7. The van der Waals surface area contributed by atoms with Gasteiger partial charge >= 0.3 is 5.91 Å². The first-order valence-electron chi connectivity index (χ1n) is 15.7. The second-order valence-corrected chi connectivity index (χ2v) is 12.1. The highest BCUT2D eigenvalue weighted by Gasteiger charge is 2.26. The van der Waals surface area contributed by atoms with Crippen molar-refractivity contribution < 1.29 is 23.7 Å². The highest BCUT2D eigenvalue weighted by atomic mass is 19.1. The number of rotatable bonds is 8. The molecule has 2 aliphatic heterocycles. The van der Waals surface area contributed by atoms with Crippen molar-refractivity contribution in [2.75, 3.05) is 62.4 Å². The third-order valence-corrected chi connectivity index (χ3v) is 8.70. The molecular weight excluding hydrogens is 602 g/mol. The zero-order valence-electron chi connectivity index (χ0n) is 26.3. The Morgan fingerprint density at radius 1 is 0.979 bits per heavy atom. The summed E-state index contributed by atoms with van der Waals surface area (Å²) < 4.78 is 33.7. The molecule has 0 radical (unpaired) electrons. The molecule has 3 heterocycles. The Bertz CT molecular complexity index is 1740. The Labute approximate surface area is 272 Å². The smallest absolute Gasteiger partial charge is 0.341 e. The molecule has 0 bridgehead atoms. The third-order valence-electron chi connectivity index (χ3n) is 8.70. The minimum atomic E-state index is -0.678. The number of ether oxygens (including phenoxy) is 1. The molecule has 0 atom stereocenters. The molecular formula is C35H39F2N8O2+. The molecule has 0 saturated carbocycles. The fourth-order valence-corrected chi connectivity index (χ4v) is 6.11. The molecule has 2 fully saturated rings. The van der Waals surface area contributed by atoms with Gasteiger partial charge in [-0.1, -0.05) is 0 Å². The van der Waals surface area contributed by atoms with Crippen LogP contribution in [0, 0.1) is 11.6 Å². The summed E-state index contributed by atoms with van der Waals surface area (Å²) in [5.41, 5.74) is 11.9. The van der Waals surface area contributed by atoms with Gasteiger partial charge in [-0.2, -0.15) is 0 Å². The summed E-state index contributed by atoms with van der Waals surface area (Å²) in [6.07, 6.45) is 6.51. The van der Waals surface area contributed by atoms with Crippen LogP contribution in [0.4, 0.5) is 25.8 Å². The second-order valence-electron chi connectivity index (χ2n) is 12.1. The van der Waals surface area contributed by atoms with Crippen LogP contribution in [0.5, 0.6) is 0 Å². The number of carbonyl (C=O) groups is 1. The van der Waals surface area contributed by atoms with Crippen LogP contribution in [0.2, 0.25) is 0 Å². The lowest BCUT2D eigenvalue weighted by Crippen LogP contribution is -2.52. The number of hydrogen-bond acceptors (Lipinski definition) is 8. The molecule has 0 unspecified atom stereocenters. The molecule has 1 aromatic heterocycles. The van der Waals surface area contributed by atoms with E-state index in [1.807, 2.05) is 18.2 Å². The number of anilines is 3. The van der Waals surface area contributed by atoms with E-state index in [0.29, 0.717) is 52.3 Å². The first kappa shape index (κ1) is 32.0. The highest BCUT2D eigenvalue weighted by Crippen LogP contribution is 2.31. The van der Waals surface area contributed by atoms with Crippen molar-refractivity contribution >= 4 is 28.8 Å². The van der Waals surface area contributed by atoms with Gasteiger partial charge in [0, 0.05) is 80.8 Å². The number of amides is 1. The van der Waals surface area contributed by atoms with Crippen molar-refractivity contribution in [3.63, 3.8) is 0 Å². The molecule has 10 nitrogen and oxygen atoms in total. The number of aromatic nitrogens is 2. The van der Waals surface area contributed by atoms with E-state index in [1.165, 1.54) is 18.5 Å². The summed E-state index contributed by atoms with van der Waals surface area (Å²) in [4.78, 5) is 26.7. The van der Waals surface area contributed by atoms with E-state index < -0.39 is 17.5 Å². The largest absolute Gasteiger partial charge is 0.398 e. The molecule has 244 valence electrons. The maximum Gasteiger partial charge on any atom is 0.341 e. The highest BCUT2D eigenvalue weighted by molar-refractivity contribution is 6.14. The topological polar surface area (TPSA) is 134 Å². The Morgan fingerprint density at radius 2 is 1.68 bits per heavy atom. The fourth-order valence-electron chi connectivity index (χ4n) is 6.11. The maximum absolute atomic E-state index is 14.1. The van der Waals surface area contributed by atoms with Crippen LogP contribution < -0.4 is 26.7 Å². The van der Waals surface area contributed by atoms with E-state index in [9.17, 15) is 13.6 Å². The predicted octanol–water partition coefficient (Wildman–Crippen LogP) is 2.87. The molecule has 3 aromatic carbocycles. The van der Waals surface area contributed by atoms with Crippen molar-refractivity contribution in [1.29, 1.82) is 0 Å². The zero-order valence-corrected chi connectivity index (χ0v) is 26.3. The molecule has 0 aliphatic carbocycles. The van der Waals surface area contributed by atoms with Crippen molar-refractivity contribution in [2.24, 2.45) is 0 Å². The van der Waals surface area contributed by atoms with Gasteiger partial charge in [0.15, 0.2) is 0 Å². The number of carbonyl (C=O) groups excluding carboxylic acids is 1. The van der Waals surface area contributed by atoms with Crippen molar-refractivity contribution in [2.45, 2.75) is 25.3 Å². The standard InChI is InChI=1S/C35H38F2N8O2/c1-44-6-8-45(9-7-44)28-2-3-29(33(17-28)42-27-4-10-47-11-5-27)35(46)43-34(39)31-15-23(12-22-13-25(36)16-26(37)14-22)30(18-32(31)38)24-19-40-21-41-20-24/h2-3,13-21,27,42H,4-12,38H2,1H3,(H2,39,43,46)/p+1. The van der Waals surface area contributed by atoms with Crippen LogP contribution in [0.25, 0.3) is 11.1 Å².